The summed E-state index contributed by atoms with van der Waals surface area (Å²) in [6, 6.07) is 4.78. The van der Waals surface area contributed by atoms with Crippen LogP contribution in [-0.4, -0.2) is 52.6 Å². The van der Waals surface area contributed by atoms with Gasteiger partial charge in [-0.05, 0) is 44.9 Å². The molecule has 2 saturated heterocycles. The van der Waals surface area contributed by atoms with Gasteiger partial charge in [0, 0.05) is 12.2 Å². The van der Waals surface area contributed by atoms with E-state index in [1.54, 1.807) is 28.8 Å². The fourth-order valence-electron chi connectivity index (χ4n) is 3.46. The molecule has 146 valence electrons. The lowest BCUT2D eigenvalue weighted by molar-refractivity contribution is -0.160. The second-order valence-electron chi connectivity index (χ2n) is 7.04. The fraction of sp³-hybridized carbons (Fsp3) is 0.526. The number of carbonyl (C=O) groups is 3. The quantitative estimate of drug-likeness (QED) is 0.774. The highest BCUT2D eigenvalue weighted by Crippen LogP contribution is 2.47. The van der Waals surface area contributed by atoms with Crippen molar-refractivity contribution < 1.29 is 23.9 Å². The molecule has 2 fully saturated rings. The van der Waals surface area contributed by atoms with Gasteiger partial charge < -0.3 is 19.7 Å². The number of esters is 1. The molecule has 0 aromatic heterocycles. The number of fused-ring (bicyclic) bond motifs is 1. The minimum absolute atomic E-state index is 0.0361. The van der Waals surface area contributed by atoms with Crippen LogP contribution in [0.2, 0.25) is 0 Å². The number of carbonyl (C=O) groups excluding carboxylic acids is 3. The number of rotatable bonds is 5. The van der Waals surface area contributed by atoms with Crippen molar-refractivity contribution >= 4 is 35.2 Å². The van der Waals surface area contributed by atoms with E-state index in [0.29, 0.717) is 23.6 Å². The fourth-order valence-corrected chi connectivity index (χ4v) is 4.87. The topological polar surface area (TPSA) is 84.9 Å². The number of nitrogens with one attached hydrogen (secondary N) is 1. The van der Waals surface area contributed by atoms with E-state index in [2.05, 4.69) is 5.32 Å². The van der Waals surface area contributed by atoms with Crippen LogP contribution in [0.1, 0.15) is 32.3 Å². The van der Waals surface area contributed by atoms with E-state index in [1.165, 1.54) is 14.0 Å². The Labute approximate surface area is 162 Å². The van der Waals surface area contributed by atoms with E-state index in [-0.39, 0.29) is 10.8 Å². The van der Waals surface area contributed by atoms with E-state index in [0.717, 1.165) is 12.0 Å². The number of methoxy groups -OCH3 is 1. The van der Waals surface area contributed by atoms with Gasteiger partial charge in [-0.1, -0.05) is 6.07 Å². The van der Waals surface area contributed by atoms with Crippen molar-refractivity contribution in [2.24, 2.45) is 0 Å². The number of anilines is 1. The van der Waals surface area contributed by atoms with Crippen LogP contribution in [0.4, 0.5) is 5.69 Å². The summed E-state index contributed by atoms with van der Waals surface area (Å²) >= 11 is 1.59. The standard InChI is InChI=1S/C19H24N2O5S/c1-11-5-6-15(25-4)13(9-11)20-17(23)12(2)26-18(24)14-10-27-19(3)8-7-16(22)21(14)19/h5-6,9,12,14H,7-8,10H2,1-4H3,(H,20,23)/t12-,14+,19+/m1/s1. The number of amides is 2. The number of nitrogens with zero attached hydrogens (tertiary/aromatic N) is 1. The normalized spacial score (nSPS) is 25.1. The average Bonchev–Trinajstić information content (AvgIpc) is 3.11. The van der Waals surface area contributed by atoms with Gasteiger partial charge in [-0.3, -0.25) is 9.59 Å². The molecule has 2 aliphatic rings. The van der Waals surface area contributed by atoms with Crippen molar-refractivity contribution in [2.45, 2.75) is 50.6 Å². The summed E-state index contributed by atoms with van der Waals surface area (Å²) in [6.45, 7) is 5.39. The highest BCUT2D eigenvalue weighted by atomic mass is 32.2. The van der Waals surface area contributed by atoms with Crippen LogP contribution in [0.25, 0.3) is 0 Å². The lowest BCUT2D eigenvalue weighted by Crippen LogP contribution is -2.48. The first-order valence-corrected chi connectivity index (χ1v) is 9.86. The van der Waals surface area contributed by atoms with Crippen molar-refractivity contribution in [3.63, 3.8) is 0 Å². The van der Waals surface area contributed by atoms with Gasteiger partial charge in [-0.15, -0.1) is 11.8 Å². The lowest BCUT2D eigenvalue weighted by atomic mass is 10.2. The zero-order chi connectivity index (χ0) is 19.8. The van der Waals surface area contributed by atoms with Crippen LogP contribution in [0, 0.1) is 6.92 Å². The number of hydrogen-bond acceptors (Lipinski definition) is 6. The van der Waals surface area contributed by atoms with Gasteiger partial charge in [-0.2, -0.15) is 0 Å². The molecule has 0 saturated carbocycles. The average molecular weight is 392 g/mol. The van der Waals surface area contributed by atoms with Crippen LogP contribution < -0.4 is 10.1 Å². The molecule has 2 aliphatic heterocycles. The molecule has 3 rings (SSSR count). The number of benzene rings is 1. The first-order chi connectivity index (χ1) is 12.7. The van der Waals surface area contributed by atoms with Crippen LogP contribution in [0.15, 0.2) is 18.2 Å². The van der Waals surface area contributed by atoms with Crippen LogP contribution in [0.5, 0.6) is 5.75 Å². The summed E-state index contributed by atoms with van der Waals surface area (Å²) in [4.78, 5) is 38.5. The van der Waals surface area contributed by atoms with E-state index in [9.17, 15) is 14.4 Å². The molecule has 0 bridgehead atoms. The Morgan fingerprint density at radius 1 is 1.41 bits per heavy atom. The molecule has 7 nitrogen and oxygen atoms in total. The van der Waals surface area contributed by atoms with Crippen molar-refractivity contribution in [2.75, 3.05) is 18.2 Å². The van der Waals surface area contributed by atoms with Crippen molar-refractivity contribution in [1.82, 2.24) is 4.90 Å². The maximum atomic E-state index is 12.6. The summed E-state index contributed by atoms with van der Waals surface area (Å²) in [7, 11) is 1.52. The number of ether oxygens (including phenoxy) is 2. The summed E-state index contributed by atoms with van der Waals surface area (Å²) in [5.74, 6) is -0.0147. The highest BCUT2D eigenvalue weighted by molar-refractivity contribution is 8.01. The minimum atomic E-state index is -0.989. The molecule has 27 heavy (non-hydrogen) atoms. The van der Waals surface area contributed by atoms with Crippen molar-refractivity contribution in [3.8, 4) is 5.75 Å². The number of thioether (sulfide) groups is 1. The Morgan fingerprint density at radius 3 is 2.85 bits per heavy atom. The third kappa shape index (κ3) is 3.76. The predicted octanol–water partition coefficient (Wildman–Crippen LogP) is 2.33. The molecule has 2 amide bonds. The van der Waals surface area contributed by atoms with E-state index in [1.807, 2.05) is 19.9 Å². The predicted molar refractivity (Wildman–Crippen MR) is 103 cm³/mol. The van der Waals surface area contributed by atoms with Gasteiger partial charge in [0.2, 0.25) is 5.91 Å². The van der Waals surface area contributed by atoms with Gasteiger partial charge in [0.25, 0.3) is 5.91 Å². The minimum Gasteiger partial charge on any atom is -0.495 e. The Hall–Kier alpha value is -2.22. The molecular formula is C19H24N2O5S. The first-order valence-electron chi connectivity index (χ1n) is 8.87. The maximum Gasteiger partial charge on any atom is 0.330 e. The Balaban J connectivity index is 1.64. The van der Waals surface area contributed by atoms with Crippen LogP contribution in [-0.2, 0) is 19.1 Å². The molecule has 1 N–H and O–H groups in total. The molecule has 8 heteroatoms. The molecule has 0 radical (unpaired) electrons. The molecule has 1 aromatic carbocycles. The van der Waals surface area contributed by atoms with E-state index in [4.69, 9.17) is 9.47 Å². The van der Waals surface area contributed by atoms with Gasteiger partial charge in [0.1, 0.15) is 11.8 Å². The molecule has 0 unspecified atom stereocenters. The Kier molecular flexibility index (Phi) is 5.37. The molecule has 3 atom stereocenters. The Bertz CT molecular complexity index is 783. The number of aryl methyl sites for hydroxylation is 1. The zero-order valence-corrected chi connectivity index (χ0v) is 16.7. The summed E-state index contributed by atoms with van der Waals surface area (Å²) in [6.07, 6.45) is 0.178. The smallest absolute Gasteiger partial charge is 0.330 e. The second kappa shape index (κ2) is 7.42. The van der Waals surface area contributed by atoms with E-state index >= 15 is 0 Å². The Morgan fingerprint density at radius 2 is 2.15 bits per heavy atom. The molecule has 2 heterocycles. The van der Waals surface area contributed by atoms with Gasteiger partial charge in [0.15, 0.2) is 6.10 Å². The van der Waals surface area contributed by atoms with Crippen LogP contribution >= 0.6 is 11.8 Å². The first kappa shape index (κ1) is 19.5. The van der Waals surface area contributed by atoms with Crippen LogP contribution in [0.3, 0.4) is 0 Å². The molecule has 1 aromatic rings. The van der Waals surface area contributed by atoms with Gasteiger partial charge >= 0.3 is 5.97 Å². The lowest BCUT2D eigenvalue weighted by Gasteiger charge is -2.29. The summed E-state index contributed by atoms with van der Waals surface area (Å²) in [5.41, 5.74) is 1.48. The van der Waals surface area contributed by atoms with E-state index < -0.39 is 24.0 Å². The zero-order valence-electron chi connectivity index (χ0n) is 15.9. The van der Waals surface area contributed by atoms with Crippen molar-refractivity contribution in [1.29, 1.82) is 0 Å². The third-order valence-electron chi connectivity index (χ3n) is 4.99. The largest absolute Gasteiger partial charge is 0.495 e. The SMILES string of the molecule is COc1ccc(C)cc1NC(=O)[C@@H](C)OC(=O)[C@@H]1CS[C@@]2(C)CCC(=O)N12. The monoisotopic (exact) mass is 392 g/mol. The molecule has 0 aliphatic carbocycles. The highest BCUT2D eigenvalue weighted by Gasteiger charge is 2.53. The van der Waals surface area contributed by atoms with Crippen molar-refractivity contribution in [3.05, 3.63) is 23.8 Å². The maximum absolute atomic E-state index is 12.6. The van der Waals surface area contributed by atoms with Gasteiger partial charge in [0.05, 0.1) is 17.7 Å². The summed E-state index contributed by atoms with van der Waals surface area (Å²) < 4.78 is 10.6. The molecular weight excluding hydrogens is 368 g/mol. The summed E-state index contributed by atoms with van der Waals surface area (Å²) in [5, 5.41) is 2.73. The number of hydrogen-bond donors (Lipinski definition) is 1. The third-order valence-corrected chi connectivity index (χ3v) is 6.50. The van der Waals surface area contributed by atoms with Gasteiger partial charge in [-0.25, -0.2) is 4.79 Å². The molecule has 0 spiro atoms. The second-order valence-corrected chi connectivity index (χ2v) is 8.54.